The monoisotopic (exact) mass is 664 g/mol. The van der Waals surface area contributed by atoms with Crippen LogP contribution in [0.3, 0.4) is 0 Å². The van der Waals surface area contributed by atoms with Gasteiger partial charge in [-0.2, -0.15) is 0 Å². The molecule has 2 bridgehead atoms. The van der Waals surface area contributed by atoms with Gasteiger partial charge < -0.3 is 19.7 Å². The average Bonchev–Trinajstić information content (AvgIpc) is 3.85. The standard InChI is InChI=1S/C35H44N4O5S2/c1-23-7-13-29-24(18-23)15-16-45-35(29)21-39-20-26-8-12-28(26)31(43-2)6-4-3-5-17-46(42,38-34(41)36-27-10-11-27)37-33(40)25-9-14-32(44-22-35)30(39)19-25/h4,6-7,9,13-14,18-19,26-28,31H,3,5,8,10-12,15-17,20-22H2,1-2H3,(H2,36,37,38,40,41,42)/b6-4+/t26-,28+,31-,35+,46?/m0/s1. The summed E-state index contributed by atoms with van der Waals surface area (Å²) in [6.45, 7) is 4.23. The third-order valence-corrected chi connectivity index (χ3v) is 13.3. The van der Waals surface area contributed by atoms with E-state index in [1.165, 1.54) is 16.7 Å². The Bertz CT molecular complexity index is 1670. The van der Waals surface area contributed by atoms with Crippen molar-refractivity contribution in [3.63, 3.8) is 0 Å². The molecule has 0 saturated heterocycles. The molecule has 3 aliphatic heterocycles. The van der Waals surface area contributed by atoms with Crippen LogP contribution in [0.25, 0.3) is 0 Å². The van der Waals surface area contributed by atoms with Crippen LogP contribution in [0.15, 0.2) is 52.9 Å². The number of fused-ring (bicyclic) bond motifs is 4. The summed E-state index contributed by atoms with van der Waals surface area (Å²) in [6.07, 6.45) is 10.4. The number of allylic oxidation sites excluding steroid dienone is 1. The summed E-state index contributed by atoms with van der Waals surface area (Å²) in [4.78, 5) is 28.8. The molecule has 0 radical (unpaired) electrons. The highest BCUT2D eigenvalue weighted by molar-refractivity contribution is 8.00. The van der Waals surface area contributed by atoms with Gasteiger partial charge in [-0.1, -0.05) is 35.9 Å². The molecule has 11 heteroatoms. The number of hydrogen-bond acceptors (Lipinski definition) is 7. The molecule has 0 aromatic heterocycles. The number of carbonyl (C=O) groups is 2. The molecule has 2 saturated carbocycles. The first-order valence-corrected chi connectivity index (χ1v) is 19.2. The third-order valence-electron chi connectivity index (χ3n) is 10.1. The topological polar surface area (TPSA) is 109 Å². The maximum atomic E-state index is 14.0. The number of amides is 3. The molecular weight excluding hydrogens is 621 g/mol. The molecule has 2 aliphatic carbocycles. The molecule has 2 N–H and O–H groups in total. The van der Waals surface area contributed by atoms with Crippen molar-refractivity contribution in [1.82, 2.24) is 10.0 Å². The molecule has 9 nitrogen and oxygen atoms in total. The summed E-state index contributed by atoms with van der Waals surface area (Å²) in [5.74, 6) is 2.03. The summed E-state index contributed by atoms with van der Waals surface area (Å²) >= 11 is 1.97. The van der Waals surface area contributed by atoms with Crippen molar-refractivity contribution in [3.8, 4) is 5.75 Å². The second kappa shape index (κ2) is 12.9. The lowest BCUT2D eigenvalue weighted by Crippen LogP contribution is -2.48. The normalized spacial score (nSPS) is 31.7. The van der Waals surface area contributed by atoms with Gasteiger partial charge in [0.1, 0.15) is 22.3 Å². The summed E-state index contributed by atoms with van der Waals surface area (Å²) in [5, 5.41) is 2.81. The lowest BCUT2D eigenvalue weighted by Gasteiger charge is -2.45. The van der Waals surface area contributed by atoms with Gasteiger partial charge in [0, 0.05) is 31.8 Å². The number of carbonyl (C=O) groups excluding carboxylic acids is 2. The first kappa shape index (κ1) is 31.6. The fraction of sp³-hybridized carbons (Fsp3) is 0.543. The van der Waals surface area contributed by atoms with Crippen LogP contribution in [0.4, 0.5) is 10.5 Å². The molecular formula is C35H44N4O5S2. The molecule has 3 heterocycles. The number of hydrogen-bond donors (Lipinski definition) is 2. The maximum Gasteiger partial charge on any atom is 0.327 e. The quantitative estimate of drug-likeness (QED) is 0.402. The van der Waals surface area contributed by atoms with Crippen LogP contribution >= 0.6 is 11.8 Å². The Morgan fingerprint density at radius 2 is 2.04 bits per heavy atom. The minimum atomic E-state index is -3.36. The van der Waals surface area contributed by atoms with E-state index in [1.54, 1.807) is 13.2 Å². The van der Waals surface area contributed by atoms with Crippen LogP contribution in [0.5, 0.6) is 5.75 Å². The van der Waals surface area contributed by atoms with Crippen molar-refractivity contribution >= 4 is 39.3 Å². The van der Waals surface area contributed by atoms with Crippen molar-refractivity contribution in [1.29, 1.82) is 0 Å². The Labute approximate surface area is 276 Å². The fourth-order valence-electron chi connectivity index (χ4n) is 7.33. The van der Waals surface area contributed by atoms with Gasteiger partial charge in [0.15, 0.2) is 0 Å². The van der Waals surface area contributed by atoms with E-state index in [9.17, 15) is 13.8 Å². The Hall–Kier alpha value is -3.02. The molecule has 5 aliphatic rings. The molecule has 7 rings (SSSR count). The van der Waals surface area contributed by atoms with Crippen molar-refractivity contribution in [2.24, 2.45) is 16.2 Å². The highest BCUT2D eigenvalue weighted by atomic mass is 32.2. The number of nitrogens with zero attached hydrogens (tertiary/aromatic N) is 2. The van der Waals surface area contributed by atoms with Crippen molar-refractivity contribution < 1.29 is 23.3 Å². The zero-order valence-electron chi connectivity index (χ0n) is 26.7. The second-order valence-electron chi connectivity index (χ2n) is 13.5. The number of aryl methyl sites for hydroxylation is 2. The van der Waals surface area contributed by atoms with Crippen molar-refractivity contribution in [2.45, 2.75) is 68.8 Å². The summed E-state index contributed by atoms with van der Waals surface area (Å²) in [7, 11) is -1.59. The summed E-state index contributed by atoms with van der Waals surface area (Å²) in [6, 6.07) is 11.7. The van der Waals surface area contributed by atoms with E-state index in [0.29, 0.717) is 36.8 Å². The molecule has 46 heavy (non-hydrogen) atoms. The lowest BCUT2D eigenvalue weighted by molar-refractivity contribution is 0.0134. The summed E-state index contributed by atoms with van der Waals surface area (Å²) in [5.41, 5.74) is 5.17. The minimum absolute atomic E-state index is 0.0135. The Balaban J connectivity index is 1.28. The second-order valence-corrected chi connectivity index (χ2v) is 17.0. The number of methoxy groups -OCH3 is 1. The van der Waals surface area contributed by atoms with Crippen LogP contribution < -0.4 is 19.7 Å². The van der Waals surface area contributed by atoms with Gasteiger partial charge in [-0.3, -0.25) is 9.52 Å². The SMILES string of the molecule is CO[C@H]1/C=C/CCCS(=O)(NC(=O)NC2CC2)=NC(=O)c2ccc3c(c2)N(C[C@@H]2CC[C@H]21)C[C@]1(CO3)SCCc2cc(C)ccc21. The first-order chi connectivity index (χ1) is 22.2. The zero-order valence-corrected chi connectivity index (χ0v) is 28.3. The Kier molecular flexibility index (Phi) is 8.84. The van der Waals surface area contributed by atoms with Gasteiger partial charge in [-0.15, -0.1) is 16.1 Å². The largest absolute Gasteiger partial charge is 0.490 e. The van der Waals surface area contributed by atoms with Crippen molar-refractivity contribution in [3.05, 3.63) is 70.8 Å². The number of urea groups is 1. The highest BCUT2D eigenvalue weighted by Gasteiger charge is 2.45. The zero-order chi connectivity index (χ0) is 31.9. The van der Waals surface area contributed by atoms with Gasteiger partial charge in [0.2, 0.25) is 0 Å². The van der Waals surface area contributed by atoms with Crippen LogP contribution in [0.1, 0.15) is 65.6 Å². The third kappa shape index (κ3) is 6.55. The first-order valence-electron chi connectivity index (χ1n) is 16.6. The predicted molar refractivity (Wildman–Crippen MR) is 183 cm³/mol. The van der Waals surface area contributed by atoms with E-state index in [-0.39, 0.29) is 22.6 Å². The van der Waals surface area contributed by atoms with Gasteiger partial charge in [0.05, 0.1) is 22.3 Å². The van der Waals surface area contributed by atoms with E-state index in [1.807, 2.05) is 23.9 Å². The van der Waals surface area contributed by atoms with Crippen LogP contribution in [-0.4, -0.2) is 66.6 Å². The van der Waals surface area contributed by atoms with E-state index >= 15 is 0 Å². The molecule has 2 fully saturated rings. The number of rotatable bonds is 3. The van der Waals surface area contributed by atoms with Gasteiger partial charge in [0.25, 0.3) is 5.91 Å². The predicted octanol–water partition coefficient (Wildman–Crippen LogP) is 5.75. The minimum Gasteiger partial charge on any atom is -0.490 e. The smallest absolute Gasteiger partial charge is 0.327 e. The lowest BCUT2D eigenvalue weighted by atomic mass is 9.70. The number of nitrogens with one attached hydrogen (secondary N) is 2. The molecule has 2 aromatic rings. The maximum absolute atomic E-state index is 14.0. The number of thioether (sulfide) groups is 1. The molecule has 1 unspecified atom stereocenters. The van der Waals surface area contributed by atoms with E-state index in [4.69, 9.17) is 9.47 Å². The van der Waals surface area contributed by atoms with E-state index in [0.717, 1.165) is 62.4 Å². The summed E-state index contributed by atoms with van der Waals surface area (Å²) < 4.78 is 33.1. The van der Waals surface area contributed by atoms with Gasteiger partial charge in [-0.05, 0) is 98.8 Å². The van der Waals surface area contributed by atoms with E-state index < -0.39 is 21.9 Å². The molecule has 2 aromatic carbocycles. The van der Waals surface area contributed by atoms with Crippen molar-refractivity contribution in [2.75, 3.05) is 43.2 Å². The average molecular weight is 665 g/mol. The molecule has 3 amide bonds. The Morgan fingerprint density at radius 1 is 1.17 bits per heavy atom. The fourth-order valence-corrected chi connectivity index (χ4v) is 10.3. The van der Waals surface area contributed by atoms with Crippen LogP contribution in [0, 0.1) is 18.8 Å². The van der Waals surface area contributed by atoms with Crippen LogP contribution in [-0.2, 0) is 25.8 Å². The van der Waals surface area contributed by atoms with E-state index in [2.05, 4.69) is 56.6 Å². The number of ether oxygens (including phenoxy) is 2. The van der Waals surface area contributed by atoms with Gasteiger partial charge in [-0.25, -0.2) is 9.00 Å². The highest BCUT2D eigenvalue weighted by Crippen LogP contribution is 2.49. The molecule has 5 atom stereocenters. The Morgan fingerprint density at radius 3 is 2.83 bits per heavy atom. The number of anilines is 1. The van der Waals surface area contributed by atoms with Crippen LogP contribution in [0.2, 0.25) is 0 Å². The number of benzene rings is 2. The molecule has 1 spiro atoms. The van der Waals surface area contributed by atoms with Gasteiger partial charge >= 0.3 is 6.03 Å². The molecule has 246 valence electrons.